The number of thioether (sulfide) groups is 1. The molecule has 0 aliphatic heterocycles. The van der Waals surface area contributed by atoms with Crippen molar-refractivity contribution in [3.63, 3.8) is 0 Å². The Hall–Kier alpha value is -2.54. The van der Waals surface area contributed by atoms with E-state index in [9.17, 15) is 14.0 Å². The molecule has 1 N–H and O–H groups in total. The van der Waals surface area contributed by atoms with Crippen LogP contribution in [0, 0.1) is 5.82 Å². The molecule has 0 aliphatic rings. The molecule has 1 atom stereocenters. The molecule has 0 unspecified atom stereocenters. The summed E-state index contributed by atoms with van der Waals surface area (Å²) >= 11 is 1.50. The molecule has 2 rings (SSSR count). The summed E-state index contributed by atoms with van der Waals surface area (Å²) in [6, 6.07) is 13.1. The highest BCUT2D eigenvalue weighted by Gasteiger charge is 2.28. The molecule has 5 nitrogen and oxygen atoms in total. The molecular weight excluding hydrogens is 415 g/mol. The molecule has 0 radical (unpaired) electrons. The molecular formula is C24H31FN2O3S. The van der Waals surface area contributed by atoms with E-state index in [1.807, 2.05) is 45.0 Å². The summed E-state index contributed by atoms with van der Waals surface area (Å²) in [7, 11) is 1.62. The van der Waals surface area contributed by atoms with E-state index in [0.717, 1.165) is 16.9 Å². The van der Waals surface area contributed by atoms with Crippen LogP contribution in [-0.4, -0.2) is 41.7 Å². The second-order valence-corrected chi connectivity index (χ2v) is 8.56. The van der Waals surface area contributed by atoms with Crippen LogP contribution in [0.4, 0.5) is 4.39 Å². The highest BCUT2D eigenvalue weighted by molar-refractivity contribution is 7.99. The lowest BCUT2D eigenvalue weighted by atomic mass is 10.1. The number of ether oxygens (including phenoxy) is 1. The molecule has 0 saturated carbocycles. The van der Waals surface area contributed by atoms with Crippen LogP contribution < -0.4 is 10.1 Å². The van der Waals surface area contributed by atoms with Crippen LogP contribution in [0.2, 0.25) is 0 Å². The van der Waals surface area contributed by atoms with Crippen molar-refractivity contribution in [3.8, 4) is 5.75 Å². The summed E-state index contributed by atoms with van der Waals surface area (Å²) in [5, 5.41) is 2.91. The highest BCUT2D eigenvalue weighted by Crippen LogP contribution is 2.19. The number of hydrogen-bond acceptors (Lipinski definition) is 4. The number of hydrogen-bond donors (Lipinski definition) is 1. The predicted octanol–water partition coefficient (Wildman–Crippen LogP) is 4.40. The number of carbonyl (C=O) groups excluding carboxylic acids is 2. The monoisotopic (exact) mass is 446 g/mol. The minimum atomic E-state index is -0.582. The first-order valence-corrected chi connectivity index (χ1v) is 11.5. The Kier molecular flexibility index (Phi) is 9.85. The van der Waals surface area contributed by atoms with Gasteiger partial charge in [-0.1, -0.05) is 31.2 Å². The summed E-state index contributed by atoms with van der Waals surface area (Å²) < 4.78 is 18.5. The van der Waals surface area contributed by atoms with Gasteiger partial charge in [0.05, 0.1) is 12.9 Å². The van der Waals surface area contributed by atoms with Crippen LogP contribution in [0.1, 0.15) is 38.3 Å². The first-order valence-electron chi connectivity index (χ1n) is 10.4. The van der Waals surface area contributed by atoms with E-state index in [1.165, 1.54) is 23.9 Å². The molecule has 0 fully saturated rings. The molecule has 0 bridgehead atoms. The fraction of sp³-hybridized carbons (Fsp3) is 0.417. The van der Waals surface area contributed by atoms with Gasteiger partial charge < -0.3 is 15.0 Å². The summed E-state index contributed by atoms with van der Waals surface area (Å²) in [6.07, 6.45) is 0.495. The summed E-state index contributed by atoms with van der Waals surface area (Å²) in [5.74, 6) is 1.09. The zero-order valence-corrected chi connectivity index (χ0v) is 19.4. The number of carbonyl (C=O) groups is 2. The van der Waals surface area contributed by atoms with E-state index in [4.69, 9.17) is 4.74 Å². The molecule has 2 aromatic rings. The lowest BCUT2D eigenvalue weighted by Crippen LogP contribution is -2.50. The molecule has 0 spiro atoms. The van der Waals surface area contributed by atoms with Crippen LogP contribution >= 0.6 is 11.8 Å². The van der Waals surface area contributed by atoms with Crippen LogP contribution in [0.15, 0.2) is 48.5 Å². The fourth-order valence-electron chi connectivity index (χ4n) is 3.15. The summed E-state index contributed by atoms with van der Waals surface area (Å²) in [4.78, 5) is 27.5. The zero-order valence-electron chi connectivity index (χ0n) is 18.6. The van der Waals surface area contributed by atoms with Gasteiger partial charge in [0.15, 0.2) is 0 Å². The van der Waals surface area contributed by atoms with E-state index < -0.39 is 6.04 Å². The smallest absolute Gasteiger partial charge is 0.243 e. The maximum absolute atomic E-state index is 13.3. The third kappa shape index (κ3) is 7.90. The van der Waals surface area contributed by atoms with Crippen molar-refractivity contribution in [3.05, 3.63) is 65.5 Å². The molecule has 7 heteroatoms. The Morgan fingerprint density at radius 3 is 2.23 bits per heavy atom. The molecule has 2 amide bonds. The highest BCUT2D eigenvalue weighted by atomic mass is 32.2. The first kappa shape index (κ1) is 24.7. The molecule has 31 heavy (non-hydrogen) atoms. The van der Waals surface area contributed by atoms with Crippen LogP contribution in [0.25, 0.3) is 0 Å². The van der Waals surface area contributed by atoms with Gasteiger partial charge in [0.25, 0.3) is 0 Å². The SMILES string of the molecule is CC[C@H](C(=O)NC(C)C)N(Cc1ccc(F)cc1)C(=O)CSCc1ccc(OC)cc1. The standard InChI is InChI=1S/C24H31FN2O3S/c1-5-22(24(29)26-17(2)3)27(14-18-6-10-20(25)11-7-18)23(28)16-31-15-19-8-12-21(30-4)13-9-19/h6-13,17,22H,5,14-16H2,1-4H3,(H,26,29)/t22-/m1/s1. The fourth-order valence-corrected chi connectivity index (χ4v) is 4.02. The third-order valence-electron chi connectivity index (χ3n) is 4.74. The first-order chi connectivity index (χ1) is 14.8. The number of benzene rings is 2. The Morgan fingerprint density at radius 2 is 1.68 bits per heavy atom. The molecule has 0 aliphatic carbocycles. The van der Waals surface area contributed by atoms with Gasteiger partial charge in [0, 0.05) is 18.3 Å². The van der Waals surface area contributed by atoms with Gasteiger partial charge in [-0.05, 0) is 55.7 Å². The van der Waals surface area contributed by atoms with Gasteiger partial charge >= 0.3 is 0 Å². The number of halogens is 1. The number of rotatable bonds is 11. The topological polar surface area (TPSA) is 58.6 Å². The van der Waals surface area contributed by atoms with E-state index >= 15 is 0 Å². The van der Waals surface area contributed by atoms with Gasteiger partial charge in [-0.3, -0.25) is 9.59 Å². The number of methoxy groups -OCH3 is 1. The molecule has 168 valence electrons. The quantitative estimate of drug-likeness (QED) is 0.556. The maximum Gasteiger partial charge on any atom is 0.243 e. The van der Waals surface area contributed by atoms with E-state index in [2.05, 4.69) is 5.32 Å². The Balaban J connectivity index is 2.09. The molecule has 0 aromatic heterocycles. The Labute approximate surface area is 188 Å². The molecule has 0 saturated heterocycles. The normalized spacial score (nSPS) is 11.8. The Morgan fingerprint density at radius 1 is 1.06 bits per heavy atom. The van der Waals surface area contributed by atoms with Gasteiger partial charge in [0.1, 0.15) is 17.6 Å². The van der Waals surface area contributed by atoms with Crippen molar-refractivity contribution in [2.75, 3.05) is 12.9 Å². The largest absolute Gasteiger partial charge is 0.497 e. The van der Waals surface area contributed by atoms with Crippen LogP contribution in [0.5, 0.6) is 5.75 Å². The van der Waals surface area contributed by atoms with Crippen molar-refractivity contribution in [1.29, 1.82) is 0 Å². The van der Waals surface area contributed by atoms with E-state index in [0.29, 0.717) is 12.2 Å². The maximum atomic E-state index is 13.3. The summed E-state index contributed by atoms with van der Waals surface area (Å²) in [5.41, 5.74) is 1.87. The average Bonchev–Trinajstić information content (AvgIpc) is 2.75. The lowest BCUT2D eigenvalue weighted by Gasteiger charge is -2.31. The molecule has 0 heterocycles. The minimum absolute atomic E-state index is 0.0197. The van der Waals surface area contributed by atoms with Gasteiger partial charge in [0.2, 0.25) is 11.8 Å². The van der Waals surface area contributed by atoms with Crippen molar-refractivity contribution in [2.45, 2.75) is 51.6 Å². The number of amides is 2. The van der Waals surface area contributed by atoms with E-state index in [-0.39, 0.29) is 36.0 Å². The summed E-state index contributed by atoms with van der Waals surface area (Å²) in [6.45, 7) is 5.93. The predicted molar refractivity (Wildman–Crippen MR) is 123 cm³/mol. The van der Waals surface area contributed by atoms with Crippen LogP contribution in [-0.2, 0) is 21.9 Å². The number of nitrogens with one attached hydrogen (secondary N) is 1. The second-order valence-electron chi connectivity index (χ2n) is 7.58. The molecule has 2 aromatic carbocycles. The Bertz CT molecular complexity index is 841. The van der Waals surface area contributed by atoms with Gasteiger partial charge in [-0.15, -0.1) is 11.8 Å². The zero-order chi connectivity index (χ0) is 22.8. The third-order valence-corrected chi connectivity index (χ3v) is 5.72. The van der Waals surface area contributed by atoms with Crippen molar-refractivity contribution >= 4 is 23.6 Å². The minimum Gasteiger partial charge on any atom is -0.497 e. The second kappa shape index (κ2) is 12.3. The average molecular weight is 447 g/mol. The van der Waals surface area contributed by atoms with Crippen molar-refractivity contribution in [1.82, 2.24) is 10.2 Å². The van der Waals surface area contributed by atoms with Gasteiger partial charge in [-0.2, -0.15) is 0 Å². The van der Waals surface area contributed by atoms with Gasteiger partial charge in [-0.25, -0.2) is 4.39 Å². The number of nitrogens with zero attached hydrogens (tertiary/aromatic N) is 1. The van der Waals surface area contributed by atoms with Crippen molar-refractivity contribution in [2.24, 2.45) is 0 Å². The van der Waals surface area contributed by atoms with Crippen molar-refractivity contribution < 1.29 is 18.7 Å². The van der Waals surface area contributed by atoms with Crippen LogP contribution in [0.3, 0.4) is 0 Å². The lowest BCUT2D eigenvalue weighted by molar-refractivity contribution is -0.139. The van der Waals surface area contributed by atoms with E-state index in [1.54, 1.807) is 24.1 Å².